The highest BCUT2D eigenvalue weighted by atomic mass is 16.5. The summed E-state index contributed by atoms with van der Waals surface area (Å²) >= 11 is 0. The number of hydrogen-bond donors (Lipinski definition) is 1. The first-order valence-corrected chi connectivity index (χ1v) is 9.85. The minimum absolute atomic E-state index is 0.00553. The van der Waals surface area contributed by atoms with Crippen LogP contribution < -0.4 is 14.8 Å². The summed E-state index contributed by atoms with van der Waals surface area (Å²) in [6, 6.07) is 14.7. The second-order valence-electron chi connectivity index (χ2n) is 7.10. The van der Waals surface area contributed by atoms with Gasteiger partial charge in [-0.25, -0.2) is 4.79 Å². The number of ether oxygens (including phenoxy) is 2. The Kier molecular flexibility index (Phi) is 5.83. The van der Waals surface area contributed by atoms with Crippen molar-refractivity contribution in [3.05, 3.63) is 54.4 Å². The number of hydrogen-bond acceptors (Lipinski definition) is 6. The monoisotopic (exact) mass is 408 g/mol. The fourth-order valence-corrected chi connectivity index (χ4v) is 3.59. The lowest BCUT2D eigenvalue weighted by Crippen LogP contribution is -2.41. The van der Waals surface area contributed by atoms with E-state index in [0.717, 1.165) is 24.2 Å². The van der Waals surface area contributed by atoms with E-state index in [9.17, 15) is 4.79 Å². The van der Waals surface area contributed by atoms with Crippen LogP contribution in [0.4, 0.5) is 10.5 Å². The highest BCUT2D eigenvalue weighted by Gasteiger charge is 2.29. The van der Waals surface area contributed by atoms with E-state index >= 15 is 0 Å². The van der Waals surface area contributed by atoms with E-state index in [4.69, 9.17) is 14.0 Å². The normalized spacial score (nSPS) is 16.2. The van der Waals surface area contributed by atoms with E-state index in [0.29, 0.717) is 36.2 Å². The Morgan fingerprint density at radius 1 is 1.17 bits per heavy atom. The van der Waals surface area contributed by atoms with Crippen LogP contribution in [0.25, 0.3) is 11.4 Å². The lowest BCUT2D eigenvalue weighted by Gasteiger charge is -2.31. The summed E-state index contributed by atoms with van der Waals surface area (Å²) in [4.78, 5) is 19.1. The van der Waals surface area contributed by atoms with Gasteiger partial charge in [0, 0.05) is 18.7 Å². The van der Waals surface area contributed by atoms with Crippen LogP contribution in [0.1, 0.15) is 24.7 Å². The number of nitrogens with zero attached hydrogens (tertiary/aromatic N) is 3. The number of piperidine rings is 1. The van der Waals surface area contributed by atoms with Crippen LogP contribution in [0.2, 0.25) is 0 Å². The number of anilines is 1. The van der Waals surface area contributed by atoms with Gasteiger partial charge in [-0.2, -0.15) is 4.98 Å². The molecular formula is C22H24N4O4. The molecule has 156 valence electrons. The van der Waals surface area contributed by atoms with Crippen LogP contribution in [0.3, 0.4) is 0 Å². The smallest absolute Gasteiger partial charge is 0.321 e. The maximum atomic E-state index is 12.8. The van der Waals surface area contributed by atoms with Crippen molar-refractivity contribution in [2.24, 2.45) is 0 Å². The fraction of sp³-hybridized carbons (Fsp3) is 0.318. The maximum absolute atomic E-state index is 12.8. The number of urea groups is 1. The first-order chi connectivity index (χ1) is 14.7. The van der Waals surface area contributed by atoms with Crippen molar-refractivity contribution in [1.29, 1.82) is 0 Å². The van der Waals surface area contributed by atoms with Gasteiger partial charge in [0.2, 0.25) is 11.7 Å². The van der Waals surface area contributed by atoms with Crippen LogP contribution in [-0.2, 0) is 0 Å². The van der Waals surface area contributed by atoms with Crippen molar-refractivity contribution in [2.75, 3.05) is 32.6 Å². The molecule has 30 heavy (non-hydrogen) atoms. The van der Waals surface area contributed by atoms with Gasteiger partial charge in [0.25, 0.3) is 0 Å². The molecule has 4 rings (SSSR count). The molecule has 0 bridgehead atoms. The molecule has 0 saturated carbocycles. The van der Waals surface area contributed by atoms with Gasteiger partial charge in [-0.3, -0.25) is 0 Å². The average molecular weight is 408 g/mol. The van der Waals surface area contributed by atoms with Gasteiger partial charge in [-0.15, -0.1) is 0 Å². The van der Waals surface area contributed by atoms with Crippen molar-refractivity contribution < 1.29 is 18.8 Å². The molecule has 2 aromatic carbocycles. The first-order valence-electron chi connectivity index (χ1n) is 9.85. The van der Waals surface area contributed by atoms with E-state index in [1.54, 1.807) is 19.1 Å². The topological polar surface area (TPSA) is 89.7 Å². The lowest BCUT2D eigenvalue weighted by atomic mass is 9.98. The number of carbonyl (C=O) groups is 1. The zero-order chi connectivity index (χ0) is 20.9. The van der Waals surface area contributed by atoms with Crippen molar-refractivity contribution in [3.63, 3.8) is 0 Å². The Balaban J connectivity index is 1.45. The molecule has 1 atom stereocenters. The molecule has 3 aromatic rings. The molecule has 1 aromatic heterocycles. The van der Waals surface area contributed by atoms with Gasteiger partial charge >= 0.3 is 6.03 Å². The molecule has 0 aliphatic carbocycles. The molecule has 1 N–H and O–H groups in total. The Labute approximate surface area is 174 Å². The zero-order valence-electron chi connectivity index (χ0n) is 17.0. The summed E-state index contributed by atoms with van der Waals surface area (Å²) in [5.41, 5.74) is 1.47. The highest BCUT2D eigenvalue weighted by molar-refractivity contribution is 5.91. The molecule has 0 radical (unpaired) electrons. The first kappa shape index (κ1) is 19.8. The number of rotatable bonds is 5. The molecule has 1 saturated heterocycles. The van der Waals surface area contributed by atoms with Gasteiger partial charge < -0.3 is 24.2 Å². The van der Waals surface area contributed by atoms with Crippen molar-refractivity contribution in [3.8, 4) is 22.9 Å². The van der Waals surface area contributed by atoms with E-state index < -0.39 is 0 Å². The molecule has 1 aliphatic heterocycles. The third-order valence-corrected chi connectivity index (χ3v) is 5.18. The molecule has 2 amide bonds. The van der Waals surface area contributed by atoms with Crippen LogP contribution in [0.15, 0.2) is 53.1 Å². The molecule has 1 aliphatic rings. The van der Waals surface area contributed by atoms with Crippen LogP contribution in [-0.4, -0.2) is 48.4 Å². The predicted molar refractivity (Wildman–Crippen MR) is 112 cm³/mol. The summed E-state index contributed by atoms with van der Waals surface area (Å²) in [5, 5.41) is 7.05. The quantitative estimate of drug-likeness (QED) is 0.682. The Morgan fingerprint density at radius 2 is 2.03 bits per heavy atom. The number of benzene rings is 2. The van der Waals surface area contributed by atoms with Crippen LogP contribution >= 0.6 is 0 Å². The summed E-state index contributed by atoms with van der Waals surface area (Å²) in [7, 11) is 3.20. The van der Waals surface area contributed by atoms with Gasteiger partial charge in [-0.05, 0) is 37.1 Å². The van der Waals surface area contributed by atoms with Crippen LogP contribution in [0, 0.1) is 0 Å². The average Bonchev–Trinajstić information content (AvgIpc) is 3.30. The molecule has 1 fully saturated rings. The minimum atomic E-state index is -0.170. The zero-order valence-corrected chi connectivity index (χ0v) is 17.0. The van der Waals surface area contributed by atoms with E-state index in [1.165, 1.54) is 0 Å². The number of carbonyl (C=O) groups excluding carboxylic acids is 1. The van der Waals surface area contributed by atoms with Crippen molar-refractivity contribution in [2.45, 2.75) is 18.8 Å². The number of para-hydroxylation sites is 2. The Hall–Kier alpha value is -3.55. The molecule has 2 heterocycles. The summed E-state index contributed by atoms with van der Waals surface area (Å²) < 4.78 is 16.1. The van der Waals surface area contributed by atoms with Crippen molar-refractivity contribution in [1.82, 2.24) is 15.0 Å². The summed E-state index contributed by atoms with van der Waals surface area (Å²) in [6.07, 6.45) is 1.75. The largest absolute Gasteiger partial charge is 0.497 e. The Bertz CT molecular complexity index is 1020. The third kappa shape index (κ3) is 4.22. The highest BCUT2D eigenvalue weighted by Crippen LogP contribution is 2.29. The summed E-state index contributed by atoms with van der Waals surface area (Å²) in [5.74, 6) is 2.41. The van der Waals surface area contributed by atoms with Gasteiger partial charge in [0.1, 0.15) is 11.5 Å². The minimum Gasteiger partial charge on any atom is -0.497 e. The molecular weight excluding hydrogens is 384 g/mol. The van der Waals surface area contributed by atoms with E-state index in [-0.39, 0.29) is 11.9 Å². The third-order valence-electron chi connectivity index (χ3n) is 5.18. The number of likely N-dealkylation sites (tertiary alicyclic amines) is 1. The summed E-state index contributed by atoms with van der Waals surface area (Å²) in [6.45, 7) is 1.19. The standard InChI is InChI=1S/C22H24N4O4/c1-28-17-9-5-7-15(13-17)20-24-21(30-25-20)16-8-6-12-26(14-16)22(27)23-18-10-3-4-11-19(18)29-2/h3-5,7,9-11,13,16H,6,8,12,14H2,1-2H3,(H,23,27)/t16-/m0/s1. The van der Waals surface area contributed by atoms with Crippen LogP contribution in [0.5, 0.6) is 11.5 Å². The maximum Gasteiger partial charge on any atom is 0.321 e. The Morgan fingerprint density at radius 3 is 2.87 bits per heavy atom. The lowest BCUT2D eigenvalue weighted by molar-refractivity contribution is 0.184. The second-order valence-corrected chi connectivity index (χ2v) is 7.10. The fourth-order valence-electron chi connectivity index (χ4n) is 3.59. The van der Waals surface area contributed by atoms with Gasteiger partial charge in [0.15, 0.2) is 0 Å². The molecule has 0 unspecified atom stereocenters. The van der Waals surface area contributed by atoms with E-state index in [1.807, 2.05) is 48.5 Å². The molecule has 8 nitrogen and oxygen atoms in total. The number of nitrogens with one attached hydrogen (secondary N) is 1. The van der Waals surface area contributed by atoms with Gasteiger partial charge in [0.05, 0.1) is 25.8 Å². The van der Waals surface area contributed by atoms with Crippen molar-refractivity contribution >= 4 is 11.7 Å². The van der Waals surface area contributed by atoms with E-state index in [2.05, 4.69) is 15.5 Å². The number of aromatic nitrogens is 2. The second kappa shape index (κ2) is 8.86. The number of amides is 2. The molecule has 0 spiro atoms. The predicted octanol–water partition coefficient (Wildman–Crippen LogP) is 4.17. The number of methoxy groups -OCH3 is 2. The van der Waals surface area contributed by atoms with Gasteiger partial charge in [-0.1, -0.05) is 29.4 Å². The SMILES string of the molecule is COc1cccc(-c2noc([C@H]3CCCN(C(=O)Nc4ccccc4OC)C3)n2)c1. The molecule has 8 heteroatoms.